The van der Waals surface area contributed by atoms with Crippen molar-refractivity contribution >= 4 is 35.6 Å². The van der Waals surface area contributed by atoms with Gasteiger partial charge in [0, 0.05) is 45.5 Å². The molecule has 2 saturated heterocycles. The normalized spacial score (nSPS) is 20.8. The monoisotopic (exact) mass is 898 g/mol. The first-order valence-corrected chi connectivity index (χ1v) is 22.7. The van der Waals surface area contributed by atoms with E-state index in [-0.39, 0.29) is 58.9 Å². The highest BCUT2D eigenvalue weighted by atomic mass is 35.5. The van der Waals surface area contributed by atoms with Crippen LogP contribution in [0.1, 0.15) is 128 Å². The van der Waals surface area contributed by atoms with Gasteiger partial charge in [0.1, 0.15) is 48.4 Å². The molecule has 4 amide bonds. The summed E-state index contributed by atoms with van der Waals surface area (Å²) in [6.45, 7) is 16.4. The van der Waals surface area contributed by atoms with E-state index in [1.54, 1.807) is 4.90 Å². The van der Waals surface area contributed by atoms with Gasteiger partial charge in [-0.1, -0.05) is 53.1 Å². The molecule has 2 aromatic carbocycles. The predicted molar refractivity (Wildman–Crippen MR) is 240 cm³/mol. The summed E-state index contributed by atoms with van der Waals surface area (Å²) in [5, 5.41) is 5.74. The summed E-state index contributed by atoms with van der Waals surface area (Å²) < 4.78 is 22.7. The van der Waals surface area contributed by atoms with E-state index >= 15 is 0 Å². The Morgan fingerprint density at radius 3 is 1.56 bits per heavy atom. The fraction of sp³-hybridized carbons (Fsp3) is 0.532. The van der Waals surface area contributed by atoms with Crippen LogP contribution in [-0.2, 0) is 32.3 Å². The van der Waals surface area contributed by atoms with Crippen LogP contribution >= 0.6 is 11.6 Å². The molecule has 0 unspecified atom stereocenters. The van der Waals surface area contributed by atoms with Crippen LogP contribution in [0.4, 0.5) is 9.59 Å². The number of likely N-dealkylation sites (tertiary alicyclic amines) is 2. The second-order valence-electron chi connectivity index (χ2n) is 18.5. The topological polar surface area (TPSA) is 193 Å². The zero-order valence-corrected chi connectivity index (χ0v) is 38.9. The van der Waals surface area contributed by atoms with Crippen LogP contribution in [0.3, 0.4) is 0 Å². The van der Waals surface area contributed by atoms with Crippen molar-refractivity contribution in [1.82, 2.24) is 40.4 Å². The molecular formula is C47H59ClN8O8. The molecule has 4 N–H and O–H groups in total. The summed E-state index contributed by atoms with van der Waals surface area (Å²) in [7, 11) is 2.57. The van der Waals surface area contributed by atoms with Crippen molar-refractivity contribution in [3.05, 3.63) is 57.9 Å². The number of carbonyl (C=O) groups is 4. The first-order valence-electron chi connectivity index (χ1n) is 22.3. The number of halogens is 1. The fourth-order valence-corrected chi connectivity index (χ4v) is 10.1. The molecule has 0 aliphatic carbocycles. The van der Waals surface area contributed by atoms with E-state index in [2.05, 4.69) is 46.6 Å². The van der Waals surface area contributed by atoms with E-state index in [1.807, 2.05) is 58.6 Å². The number of rotatable bonds is 11. The Kier molecular flexibility index (Phi) is 12.4. The number of alkyl carbamates (subject to hydrolysis) is 2. The largest absolute Gasteiger partial charge is 0.488 e. The Morgan fingerprint density at radius 1 is 0.688 bits per heavy atom. The van der Waals surface area contributed by atoms with Gasteiger partial charge in [0.05, 0.1) is 43.4 Å². The molecule has 17 heteroatoms. The average molecular weight is 899 g/mol. The number of carbonyl (C=O) groups excluding carboxylic acids is 4. The Balaban J connectivity index is 1.09. The van der Waals surface area contributed by atoms with Gasteiger partial charge in [-0.25, -0.2) is 19.6 Å². The van der Waals surface area contributed by atoms with Crippen LogP contribution in [0.5, 0.6) is 11.5 Å². The van der Waals surface area contributed by atoms with Gasteiger partial charge in [0.15, 0.2) is 5.15 Å². The van der Waals surface area contributed by atoms with Gasteiger partial charge in [-0.2, -0.15) is 0 Å². The van der Waals surface area contributed by atoms with Crippen molar-refractivity contribution in [3.8, 4) is 45.1 Å². The molecule has 0 bridgehead atoms. The third kappa shape index (κ3) is 8.02. The molecule has 4 aliphatic heterocycles. The zero-order chi connectivity index (χ0) is 45.9. The highest BCUT2D eigenvalue weighted by Crippen LogP contribution is 2.52. The second-order valence-corrected chi connectivity index (χ2v) is 18.9. The number of nitrogens with zero attached hydrogens (tertiary/aromatic N) is 4. The molecule has 0 spiro atoms. The van der Waals surface area contributed by atoms with E-state index in [9.17, 15) is 19.2 Å². The molecule has 8 rings (SSSR count). The molecule has 2 fully saturated rings. The van der Waals surface area contributed by atoms with Gasteiger partial charge in [-0.05, 0) is 81.5 Å². The van der Waals surface area contributed by atoms with Crippen molar-refractivity contribution in [2.45, 2.75) is 136 Å². The van der Waals surface area contributed by atoms with Crippen molar-refractivity contribution in [3.63, 3.8) is 0 Å². The summed E-state index contributed by atoms with van der Waals surface area (Å²) in [5.41, 5.74) is 7.91. The van der Waals surface area contributed by atoms with Gasteiger partial charge < -0.3 is 49.3 Å². The SMILES string of the molecule is COC(=O)N[C@H](C(=O)N1[C@@H](C)CC[C@H]1c1nc(Cl)c(-c2cc3c4c(c2)OCc2cc(-c5[nH]c([C@@H]6CC[C@H](C)N6C(=O)[C@@H](NC(=O)OC)C(C)C)nc5C(C)C)cc(c2-4)OC3)[nH]1)C(C)C. The van der Waals surface area contributed by atoms with Crippen molar-refractivity contribution in [2.24, 2.45) is 11.8 Å². The molecule has 4 aliphatic rings. The standard InChI is InChI=1S/C47H59ClN8O8/c1-21(2)36-39(50-42(49-36)30-13-11-24(7)55(30)44(57)37(22(3)4)52-46(59)61-9)26-15-28-19-64-33-18-27(16-29-20-63-32(17-26)34(28)35(29)33)40-41(48)54-43(51-40)31-14-12-25(8)56(31)45(58)38(23(5)6)53-47(60)62-10/h15-18,21-25,30-31,37-38H,11-14,19-20H2,1-10H3,(H,49,50)(H,51,54)(H,52,59)(H,53,60)/t24-,25-,30-,31-,37-,38-/m0/s1. The number of hydrogen-bond acceptors (Lipinski definition) is 10. The Hall–Kier alpha value is -5.77. The summed E-state index contributed by atoms with van der Waals surface area (Å²) in [6.07, 6.45) is 1.67. The lowest BCUT2D eigenvalue weighted by Gasteiger charge is -2.33. The van der Waals surface area contributed by atoms with Crippen molar-refractivity contribution in [2.75, 3.05) is 14.2 Å². The smallest absolute Gasteiger partial charge is 0.407 e. The van der Waals surface area contributed by atoms with E-state index < -0.39 is 24.3 Å². The highest BCUT2D eigenvalue weighted by Gasteiger charge is 2.43. The molecule has 6 atom stereocenters. The maximum atomic E-state index is 14.1. The van der Waals surface area contributed by atoms with Crippen LogP contribution < -0.4 is 20.1 Å². The lowest BCUT2D eigenvalue weighted by Crippen LogP contribution is -2.52. The molecule has 2 aromatic heterocycles. The van der Waals surface area contributed by atoms with Crippen LogP contribution in [0.15, 0.2) is 24.3 Å². The van der Waals surface area contributed by atoms with Gasteiger partial charge >= 0.3 is 12.2 Å². The predicted octanol–water partition coefficient (Wildman–Crippen LogP) is 8.56. The lowest BCUT2D eigenvalue weighted by molar-refractivity contribution is -0.138. The maximum Gasteiger partial charge on any atom is 0.407 e. The van der Waals surface area contributed by atoms with Crippen molar-refractivity contribution in [1.29, 1.82) is 0 Å². The Bertz CT molecular complexity index is 2430. The summed E-state index contributed by atoms with van der Waals surface area (Å²) in [5.74, 6) is 2.11. The number of aromatic amines is 2. The second kappa shape index (κ2) is 17.7. The molecule has 16 nitrogen and oxygen atoms in total. The van der Waals surface area contributed by atoms with Gasteiger partial charge in [0.2, 0.25) is 11.8 Å². The number of methoxy groups -OCH3 is 2. The maximum absolute atomic E-state index is 14.1. The quantitative estimate of drug-likeness (QED) is 0.113. The van der Waals surface area contributed by atoms with E-state index in [1.165, 1.54) is 14.2 Å². The van der Waals surface area contributed by atoms with Crippen LogP contribution in [-0.4, -0.2) is 92.1 Å². The number of ether oxygens (including phenoxy) is 4. The molecule has 0 saturated carbocycles. The van der Waals surface area contributed by atoms with Gasteiger partial charge in [-0.3, -0.25) is 9.59 Å². The van der Waals surface area contributed by atoms with E-state index in [0.29, 0.717) is 42.7 Å². The minimum absolute atomic E-state index is 0.0490. The average Bonchev–Trinajstić information content (AvgIpc) is 4.07. The zero-order valence-electron chi connectivity index (χ0n) is 38.2. The summed E-state index contributed by atoms with van der Waals surface area (Å²) >= 11 is 6.89. The van der Waals surface area contributed by atoms with Crippen LogP contribution in [0, 0.1) is 11.8 Å². The highest BCUT2D eigenvalue weighted by molar-refractivity contribution is 6.32. The third-order valence-corrected chi connectivity index (χ3v) is 13.5. The number of imidazole rings is 2. The lowest BCUT2D eigenvalue weighted by atomic mass is 9.87. The molecule has 64 heavy (non-hydrogen) atoms. The number of H-pyrrole nitrogens is 2. The minimum atomic E-state index is -0.768. The molecule has 6 heterocycles. The van der Waals surface area contributed by atoms with E-state index in [4.69, 9.17) is 40.5 Å². The molecule has 4 aromatic rings. The number of hydrogen-bond donors (Lipinski definition) is 4. The molecular weight excluding hydrogens is 840 g/mol. The number of benzene rings is 2. The van der Waals surface area contributed by atoms with Crippen molar-refractivity contribution < 1.29 is 38.1 Å². The molecule has 0 radical (unpaired) electrons. The Morgan fingerprint density at radius 2 is 1.12 bits per heavy atom. The fourth-order valence-electron chi connectivity index (χ4n) is 9.86. The summed E-state index contributed by atoms with van der Waals surface area (Å²) in [6, 6.07) is 5.89. The van der Waals surface area contributed by atoms with Crippen LogP contribution in [0.25, 0.3) is 33.6 Å². The number of nitrogens with one attached hydrogen (secondary N) is 4. The molecule has 342 valence electrons. The number of aromatic nitrogens is 4. The first kappa shape index (κ1) is 44.8. The van der Waals surface area contributed by atoms with Gasteiger partial charge in [0.25, 0.3) is 0 Å². The van der Waals surface area contributed by atoms with Crippen LogP contribution in [0.2, 0.25) is 5.15 Å². The Labute approximate surface area is 378 Å². The number of amides is 4. The minimum Gasteiger partial charge on any atom is -0.488 e. The third-order valence-electron chi connectivity index (χ3n) is 13.2. The first-order chi connectivity index (χ1) is 30.5. The van der Waals surface area contributed by atoms with Gasteiger partial charge in [-0.15, -0.1) is 0 Å². The summed E-state index contributed by atoms with van der Waals surface area (Å²) in [4.78, 5) is 73.2. The van der Waals surface area contributed by atoms with E-state index in [0.717, 1.165) is 69.8 Å².